The van der Waals surface area contributed by atoms with Gasteiger partial charge >= 0.3 is 0 Å². The standard InChI is InChI=1S/C19H21NO4/c1-13-2-5-15(6-3-13)16(21)8-9-19(24)20-11-10-14-4-7-17(22)18(23)12-14/h2-7,12,22-23H,8-11H2,1H3,(H,20,24). The first-order valence-electron chi connectivity index (χ1n) is 7.83. The SMILES string of the molecule is Cc1ccc(C(=O)CCC(=O)NCCc2ccc(O)c(O)c2)cc1. The molecule has 0 radical (unpaired) electrons. The summed E-state index contributed by atoms with van der Waals surface area (Å²) in [4.78, 5) is 23.8. The minimum absolute atomic E-state index is 0.0476. The zero-order valence-corrected chi connectivity index (χ0v) is 13.6. The number of hydrogen-bond acceptors (Lipinski definition) is 4. The molecule has 0 bridgehead atoms. The van der Waals surface area contributed by atoms with Crippen LogP contribution in [0.1, 0.15) is 34.3 Å². The predicted octanol–water partition coefficient (Wildman–Crippen LogP) is 2.73. The lowest BCUT2D eigenvalue weighted by Crippen LogP contribution is -2.26. The Kier molecular flexibility index (Phi) is 5.95. The maximum Gasteiger partial charge on any atom is 0.220 e. The molecule has 0 unspecified atom stereocenters. The zero-order chi connectivity index (χ0) is 17.5. The Morgan fingerprint density at radius 2 is 1.67 bits per heavy atom. The minimum atomic E-state index is -0.182. The minimum Gasteiger partial charge on any atom is -0.504 e. The van der Waals surface area contributed by atoms with E-state index in [-0.39, 0.29) is 36.0 Å². The van der Waals surface area contributed by atoms with Gasteiger partial charge in [0.2, 0.25) is 5.91 Å². The summed E-state index contributed by atoms with van der Waals surface area (Å²) in [6.45, 7) is 2.36. The van der Waals surface area contributed by atoms with Gasteiger partial charge in [-0.1, -0.05) is 35.9 Å². The van der Waals surface area contributed by atoms with E-state index in [1.54, 1.807) is 18.2 Å². The first-order chi connectivity index (χ1) is 11.5. The van der Waals surface area contributed by atoms with Gasteiger partial charge in [-0.05, 0) is 31.0 Å². The summed E-state index contributed by atoms with van der Waals surface area (Å²) in [7, 11) is 0. The Morgan fingerprint density at radius 3 is 2.33 bits per heavy atom. The Balaban J connectivity index is 1.72. The third kappa shape index (κ3) is 5.12. The summed E-state index contributed by atoms with van der Waals surface area (Å²) in [5.41, 5.74) is 2.51. The second-order valence-electron chi connectivity index (χ2n) is 5.71. The summed E-state index contributed by atoms with van der Waals surface area (Å²) < 4.78 is 0. The number of nitrogens with one attached hydrogen (secondary N) is 1. The topological polar surface area (TPSA) is 86.6 Å². The van der Waals surface area contributed by atoms with Crippen molar-refractivity contribution < 1.29 is 19.8 Å². The van der Waals surface area contributed by atoms with E-state index < -0.39 is 0 Å². The van der Waals surface area contributed by atoms with Gasteiger partial charge in [-0.2, -0.15) is 0 Å². The molecule has 1 amide bonds. The number of ketones is 1. The summed E-state index contributed by atoms with van der Waals surface area (Å²) in [6.07, 6.45) is 0.855. The van der Waals surface area contributed by atoms with Crippen molar-refractivity contribution in [3.63, 3.8) is 0 Å². The molecule has 5 heteroatoms. The summed E-state index contributed by atoms with van der Waals surface area (Å²) in [6, 6.07) is 11.8. The van der Waals surface area contributed by atoms with Crippen molar-refractivity contribution in [1.82, 2.24) is 5.32 Å². The van der Waals surface area contributed by atoms with E-state index in [1.807, 2.05) is 19.1 Å². The molecule has 0 fully saturated rings. The van der Waals surface area contributed by atoms with Gasteiger partial charge in [-0.15, -0.1) is 0 Å². The van der Waals surface area contributed by atoms with Crippen molar-refractivity contribution in [1.29, 1.82) is 0 Å². The number of hydrogen-bond donors (Lipinski definition) is 3. The number of aromatic hydroxyl groups is 2. The van der Waals surface area contributed by atoms with Crippen LogP contribution in [0, 0.1) is 6.92 Å². The molecular weight excluding hydrogens is 306 g/mol. The highest BCUT2D eigenvalue weighted by Gasteiger charge is 2.09. The molecule has 0 aliphatic carbocycles. The summed E-state index contributed by atoms with van der Waals surface area (Å²) in [5.74, 6) is -0.577. The van der Waals surface area contributed by atoms with Gasteiger partial charge in [0.1, 0.15) is 0 Å². The Labute approximate surface area is 141 Å². The van der Waals surface area contributed by atoms with Gasteiger partial charge in [-0.25, -0.2) is 0 Å². The molecule has 0 atom stereocenters. The molecule has 0 saturated carbocycles. The van der Waals surface area contributed by atoms with Crippen molar-refractivity contribution in [2.45, 2.75) is 26.2 Å². The molecule has 2 aromatic rings. The average molecular weight is 327 g/mol. The molecule has 5 nitrogen and oxygen atoms in total. The lowest BCUT2D eigenvalue weighted by atomic mass is 10.0. The van der Waals surface area contributed by atoms with Crippen molar-refractivity contribution in [3.05, 3.63) is 59.2 Å². The maximum absolute atomic E-state index is 12.0. The van der Waals surface area contributed by atoms with Crippen LogP contribution >= 0.6 is 0 Å². The first kappa shape index (κ1) is 17.5. The van der Waals surface area contributed by atoms with Gasteiger partial charge in [-0.3, -0.25) is 9.59 Å². The molecule has 0 aliphatic rings. The van der Waals surface area contributed by atoms with Gasteiger partial charge < -0.3 is 15.5 Å². The largest absolute Gasteiger partial charge is 0.504 e. The summed E-state index contributed by atoms with van der Waals surface area (Å²) in [5, 5.41) is 21.4. The quantitative estimate of drug-likeness (QED) is 0.539. The third-order valence-corrected chi connectivity index (χ3v) is 3.73. The predicted molar refractivity (Wildman–Crippen MR) is 91.2 cm³/mol. The number of phenols is 2. The fourth-order valence-electron chi connectivity index (χ4n) is 2.27. The molecule has 0 aliphatic heterocycles. The lowest BCUT2D eigenvalue weighted by molar-refractivity contribution is -0.121. The smallest absolute Gasteiger partial charge is 0.220 e. The van der Waals surface area contributed by atoms with Crippen LogP contribution in [0.25, 0.3) is 0 Å². The first-order valence-corrected chi connectivity index (χ1v) is 7.83. The fraction of sp³-hybridized carbons (Fsp3) is 0.263. The molecule has 0 spiro atoms. The highest BCUT2D eigenvalue weighted by Crippen LogP contribution is 2.24. The molecule has 2 aromatic carbocycles. The van der Waals surface area contributed by atoms with Gasteiger partial charge in [0.25, 0.3) is 0 Å². The van der Waals surface area contributed by atoms with E-state index in [1.165, 1.54) is 12.1 Å². The number of Topliss-reactive ketones (excluding diaryl/α,β-unsaturated/α-hetero) is 1. The lowest BCUT2D eigenvalue weighted by Gasteiger charge is -2.06. The van der Waals surface area contributed by atoms with Crippen LogP contribution < -0.4 is 5.32 Å². The van der Waals surface area contributed by atoms with Crippen molar-refractivity contribution in [3.8, 4) is 11.5 Å². The van der Waals surface area contributed by atoms with E-state index in [9.17, 15) is 19.8 Å². The number of carbonyl (C=O) groups excluding carboxylic acids is 2. The average Bonchev–Trinajstić information content (AvgIpc) is 2.56. The van der Waals surface area contributed by atoms with Crippen molar-refractivity contribution in [2.75, 3.05) is 6.54 Å². The highest BCUT2D eigenvalue weighted by atomic mass is 16.3. The molecule has 2 rings (SSSR count). The van der Waals surface area contributed by atoms with Crippen LogP contribution in [-0.2, 0) is 11.2 Å². The molecular formula is C19H21NO4. The second kappa shape index (κ2) is 8.15. The van der Waals surface area contributed by atoms with E-state index in [2.05, 4.69) is 5.32 Å². The molecule has 0 aromatic heterocycles. The van der Waals surface area contributed by atoms with Gasteiger partial charge in [0, 0.05) is 24.9 Å². The summed E-state index contributed by atoms with van der Waals surface area (Å²) >= 11 is 0. The van der Waals surface area contributed by atoms with Crippen LogP contribution in [-0.4, -0.2) is 28.4 Å². The molecule has 24 heavy (non-hydrogen) atoms. The number of carbonyl (C=O) groups is 2. The Morgan fingerprint density at radius 1 is 0.958 bits per heavy atom. The van der Waals surface area contributed by atoms with E-state index in [0.29, 0.717) is 18.5 Å². The van der Waals surface area contributed by atoms with Gasteiger partial charge in [0.15, 0.2) is 17.3 Å². The molecule has 3 N–H and O–H groups in total. The van der Waals surface area contributed by atoms with E-state index >= 15 is 0 Å². The van der Waals surface area contributed by atoms with Crippen LogP contribution in [0.2, 0.25) is 0 Å². The Hall–Kier alpha value is -2.82. The number of rotatable bonds is 7. The third-order valence-electron chi connectivity index (χ3n) is 3.73. The van der Waals surface area contributed by atoms with Crippen LogP contribution in [0.4, 0.5) is 0 Å². The van der Waals surface area contributed by atoms with E-state index in [4.69, 9.17) is 0 Å². The monoisotopic (exact) mass is 327 g/mol. The molecule has 0 heterocycles. The van der Waals surface area contributed by atoms with Gasteiger partial charge in [0.05, 0.1) is 0 Å². The maximum atomic E-state index is 12.0. The number of amides is 1. The number of phenolic OH excluding ortho intramolecular Hbond substituents is 2. The highest BCUT2D eigenvalue weighted by molar-refractivity contribution is 5.97. The fourth-order valence-corrected chi connectivity index (χ4v) is 2.27. The molecule has 0 saturated heterocycles. The van der Waals surface area contributed by atoms with Crippen molar-refractivity contribution in [2.24, 2.45) is 0 Å². The van der Waals surface area contributed by atoms with E-state index in [0.717, 1.165) is 11.1 Å². The number of aryl methyl sites for hydroxylation is 1. The Bertz CT molecular complexity index is 723. The second-order valence-corrected chi connectivity index (χ2v) is 5.71. The van der Waals surface area contributed by atoms with Crippen LogP contribution in [0.3, 0.4) is 0 Å². The van der Waals surface area contributed by atoms with Crippen LogP contribution in [0.5, 0.6) is 11.5 Å². The number of benzene rings is 2. The normalized spacial score (nSPS) is 10.4. The zero-order valence-electron chi connectivity index (χ0n) is 13.6. The van der Waals surface area contributed by atoms with Crippen LogP contribution in [0.15, 0.2) is 42.5 Å². The molecule has 126 valence electrons. The van der Waals surface area contributed by atoms with Crippen molar-refractivity contribution >= 4 is 11.7 Å².